The van der Waals surface area contributed by atoms with E-state index in [1.54, 1.807) is 24.0 Å². The van der Waals surface area contributed by atoms with E-state index >= 15 is 0 Å². The minimum atomic E-state index is -0.138. The summed E-state index contributed by atoms with van der Waals surface area (Å²) in [6.07, 6.45) is 3.90. The van der Waals surface area contributed by atoms with Crippen LogP contribution in [0.2, 0.25) is 0 Å². The topological polar surface area (TPSA) is 77.5 Å². The fraction of sp³-hybridized carbons (Fsp3) is 0.500. The molecule has 1 fully saturated rings. The predicted octanol–water partition coefficient (Wildman–Crippen LogP) is 5.26. The Labute approximate surface area is 241 Å². The molecule has 0 bridgehead atoms. The second-order valence-electron chi connectivity index (χ2n) is 9.06. The number of benzene rings is 2. The van der Waals surface area contributed by atoms with Crippen LogP contribution in [0.1, 0.15) is 37.8 Å². The zero-order valence-corrected chi connectivity index (χ0v) is 25.7. The van der Waals surface area contributed by atoms with Crippen molar-refractivity contribution in [2.24, 2.45) is 0 Å². The van der Waals surface area contributed by atoms with Gasteiger partial charge >= 0.3 is 0 Å². The number of carbonyl (C=O) groups excluding carboxylic acids is 2. The van der Waals surface area contributed by atoms with Crippen LogP contribution >= 0.6 is 31.9 Å². The number of amides is 2. The number of aryl methyl sites for hydroxylation is 2. The third-order valence-corrected chi connectivity index (χ3v) is 7.50. The summed E-state index contributed by atoms with van der Waals surface area (Å²) >= 11 is 7.07. The van der Waals surface area contributed by atoms with Crippen LogP contribution in [-0.4, -0.2) is 75.2 Å². The average molecular weight is 656 g/mol. The number of hydrogen-bond acceptors (Lipinski definition) is 6. The Hall–Kier alpha value is -2.46. The average Bonchev–Trinajstić information content (AvgIpc) is 2.91. The SMILES string of the molecule is CCCc1cc(Br)c(OCC(=O)N2CCN(C(=O)COc3c(Br)cc(CCC)cc3OC)CC2)c(OC)c1. The fourth-order valence-corrected chi connectivity index (χ4v) is 5.56. The van der Waals surface area contributed by atoms with Crippen molar-refractivity contribution in [3.05, 3.63) is 44.3 Å². The van der Waals surface area contributed by atoms with Gasteiger partial charge in [0.15, 0.2) is 36.2 Å². The Balaban J connectivity index is 1.50. The number of methoxy groups -OCH3 is 2. The summed E-state index contributed by atoms with van der Waals surface area (Å²) in [4.78, 5) is 29.1. The summed E-state index contributed by atoms with van der Waals surface area (Å²) in [6, 6.07) is 7.86. The van der Waals surface area contributed by atoms with E-state index < -0.39 is 0 Å². The fourth-order valence-electron chi connectivity index (χ4n) is 4.35. The Morgan fingerprint density at radius 1 is 0.711 bits per heavy atom. The van der Waals surface area contributed by atoms with Crippen molar-refractivity contribution >= 4 is 43.7 Å². The Morgan fingerprint density at radius 2 is 1.08 bits per heavy atom. The molecule has 0 N–H and O–H groups in total. The molecule has 3 rings (SSSR count). The lowest BCUT2D eigenvalue weighted by Gasteiger charge is -2.34. The summed E-state index contributed by atoms with van der Waals surface area (Å²) in [7, 11) is 3.17. The number of ether oxygens (including phenoxy) is 4. The van der Waals surface area contributed by atoms with Crippen molar-refractivity contribution in [1.29, 1.82) is 0 Å². The maximum absolute atomic E-state index is 12.8. The van der Waals surface area contributed by atoms with Crippen LogP contribution in [0, 0.1) is 0 Å². The van der Waals surface area contributed by atoms with Gasteiger partial charge in [0.05, 0.1) is 23.2 Å². The monoisotopic (exact) mass is 654 g/mol. The first-order valence-electron chi connectivity index (χ1n) is 12.8. The van der Waals surface area contributed by atoms with Crippen LogP contribution in [0.4, 0.5) is 0 Å². The quantitative estimate of drug-likeness (QED) is 0.311. The van der Waals surface area contributed by atoms with E-state index in [0.717, 1.165) is 45.8 Å². The maximum atomic E-state index is 12.8. The predicted molar refractivity (Wildman–Crippen MR) is 154 cm³/mol. The van der Waals surface area contributed by atoms with Gasteiger partial charge in [0, 0.05) is 26.2 Å². The molecule has 8 nitrogen and oxygen atoms in total. The smallest absolute Gasteiger partial charge is 0.260 e. The van der Waals surface area contributed by atoms with E-state index in [-0.39, 0.29) is 25.0 Å². The first kappa shape index (κ1) is 30.1. The number of halogens is 2. The van der Waals surface area contributed by atoms with Gasteiger partial charge < -0.3 is 28.7 Å². The number of rotatable bonds is 12. The molecule has 1 aliphatic heterocycles. The van der Waals surface area contributed by atoms with Gasteiger partial charge in [0.25, 0.3) is 11.8 Å². The third-order valence-electron chi connectivity index (χ3n) is 6.32. The van der Waals surface area contributed by atoms with E-state index in [0.29, 0.717) is 49.2 Å². The molecular formula is C28H36Br2N2O6. The van der Waals surface area contributed by atoms with Crippen LogP contribution in [0.3, 0.4) is 0 Å². The van der Waals surface area contributed by atoms with Crippen molar-refractivity contribution in [3.63, 3.8) is 0 Å². The zero-order chi connectivity index (χ0) is 27.7. The lowest BCUT2D eigenvalue weighted by Crippen LogP contribution is -2.52. The van der Waals surface area contributed by atoms with Gasteiger partial charge in [-0.2, -0.15) is 0 Å². The van der Waals surface area contributed by atoms with Gasteiger partial charge in [-0.25, -0.2) is 0 Å². The van der Waals surface area contributed by atoms with Crippen molar-refractivity contribution in [1.82, 2.24) is 9.80 Å². The molecule has 0 unspecified atom stereocenters. The minimum absolute atomic E-state index is 0.110. The molecule has 0 aliphatic carbocycles. The van der Waals surface area contributed by atoms with Crippen molar-refractivity contribution in [3.8, 4) is 23.0 Å². The minimum Gasteiger partial charge on any atom is -0.493 e. The highest BCUT2D eigenvalue weighted by atomic mass is 79.9. The highest BCUT2D eigenvalue weighted by molar-refractivity contribution is 9.11. The summed E-state index contributed by atoms with van der Waals surface area (Å²) in [6.45, 7) is 5.74. The van der Waals surface area contributed by atoms with E-state index in [2.05, 4.69) is 45.7 Å². The van der Waals surface area contributed by atoms with Gasteiger partial charge in [0.1, 0.15) is 0 Å². The number of hydrogen-bond donors (Lipinski definition) is 0. The lowest BCUT2D eigenvalue weighted by atomic mass is 10.1. The van der Waals surface area contributed by atoms with Crippen LogP contribution in [0.5, 0.6) is 23.0 Å². The number of carbonyl (C=O) groups is 2. The van der Waals surface area contributed by atoms with Gasteiger partial charge in [0.2, 0.25) is 0 Å². The summed E-state index contributed by atoms with van der Waals surface area (Å²) in [5.74, 6) is 1.93. The van der Waals surface area contributed by atoms with E-state index in [9.17, 15) is 9.59 Å². The molecule has 1 saturated heterocycles. The van der Waals surface area contributed by atoms with Gasteiger partial charge in [-0.05, 0) is 80.1 Å². The van der Waals surface area contributed by atoms with E-state index in [4.69, 9.17) is 18.9 Å². The molecule has 2 aromatic rings. The standard InChI is InChI=1S/C28H36Br2N2O6/c1-5-7-19-13-21(29)27(23(15-19)35-3)37-17-25(33)31-9-11-32(12-10-31)26(34)18-38-28-22(30)14-20(8-6-2)16-24(28)36-4/h13-16H,5-12,17-18H2,1-4H3. The van der Waals surface area contributed by atoms with E-state index in [1.807, 2.05) is 24.3 Å². The molecule has 0 spiro atoms. The van der Waals surface area contributed by atoms with Gasteiger partial charge in [-0.3, -0.25) is 9.59 Å². The summed E-state index contributed by atoms with van der Waals surface area (Å²) in [5.41, 5.74) is 2.28. The first-order chi connectivity index (χ1) is 18.3. The molecule has 2 amide bonds. The first-order valence-corrected chi connectivity index (χ1v) is 14.4. The highest BCUT2D eigenvalue weighted by Gasteiger charge is 2.26. The third kappa shape index (κ3) is 7.79. The zero-order valence-electron chi connectivity index (χ0n) is 22.5. The van der Waals surface area contributed by atoms with Crippen LogP contribution < -0.4 is 18.9 Å². The summed E-state index contributed by atoms with van der Waals surface area (Å²) in [5, 5.41) is 0. The molecule has 0 radical (unpaired) electrons. The molecule has 208 valence electrons. The molecule has 1 heterocycles. The highest BCUT2D eigenvalue weighted by Crippen LogP contribution is 2.38. The van der Waals surface area contributed by atoms with E-state index in [1.165, 1.54) is 0 Å². The Morgan fingerprint density at radius 3 is 1.39 bits per heavy atom. The maximum Gasteiger partial charge on any atom is 0.260 e. The Bertz CT molecular complexity index is 1030. The molecular weight excluding hydrogens is 620 g/mol. The molecule has 10 heteroatoms. The molecule has 0 atom stereocenters. The lowest BCUT2D eigenvalue weighted by molar-refractivity contribution is -0.141. The normalized spacial score (nSPS) is 13.3. The van der Waals surface area contributed by atoms with Crippen molar-refractivity contribution in [2.75, 3.05) is 53.6 Å². The summed E-state index contributed by atoms with van der Waals surface area (Å²) < 4.78 is 24.2. The Kier molecular flexibility index (Phi) is 11.6. The van der Waals surface area contributed by atoms with Crippen LogP contribution in [0.15, 0.2) is 33.2 Å². The largest absolute Gasteiger partial charge is 0.493 e. The van der Waals surface area contributed by atoms with Gasteiger partial charge in [-0.15, -0.1) is 0 Å². The van der Waals surface area contributed by atoms with Crippen LogP contribution in [0.25, 0.3) is 0 Å². The molecule has 2 aromatic carbocycles. The molecule has 1 aliphatic rings. The van der Waals surface area contributed by atoms with Gasteiger partial charge in [-0.1, -0.05) is 26.7 Å². The van der Waals surface area contributed by atoms with Crippen molar-refractivity contribution < 1.29 is 28.5 Å². The molecule has 0 aromatic heterocycles. The van der Waals surface area contributed by atoms with Crippen molar-refractivity contribution in [2.45, 2.75) is 39.5 Å². The second-order valence-corrected chi connectivity index (χ2v) is 10.8. The number of nitrogens with zero attached hydrogens (tertiary/aromatic N) is 2. The van der Waals surface area contributed by atoms with Crippen LogP contribution in [-0.2, 0) is 22.4 Å². The molecule has 38 heavy (non-hydrogen) atoms. The number of piperazine rings is 1. The second kappa shape index (κ2) is 14.6. The molecule has 0 saturated carbocycles.